The zero-order valence-electron chi connectivity index (χ0n) is 19.1. The van der Waals surface area contributed by atoms with E-state index in [0.29, 0.717) is 6.10 Å². The van der Waals surface area contributed by atoms with Crippen LogP contribution < -0.4 is 0 Å². The molecule has 0 aromatic carbocycles. The summed E-state index contributed by atoms with van der Waals surface area (Å²) >= 11 is 2.00. The zero-order chi connectivity index (χ0) is 22.0. The molecule has 0 spiro atoms. The summed E-state index contributed by atoms with van der Waals surface area (Å²) in [6, 6.07) is 0.217. The quantitative estimate of drug-likeness (QED) is 0.125. The van der Waals surface area contributed by atoms with E-state index in [2.05, 4.69) is 25.3 Å². The topological polar surface area (TPSA) is 9.23 Å². The van der Waals surface area contributed by atoms with Gasteiger partial charge in [0.15, 0.2) is 0 Å². The smallest absolute Gasteiger partial charge is 0.378 e. The van der Waals surface area contributed by atoms with Crippen LogP contribution in [0.1, 0.15) is 84.5 Å². The maximum atomic E-state index is 12.3. The van der Waals surface area contributed by atoms with Crippen molar-refractivity contribution >= 4 is 19.8 Å². The number of hydrogen-bond donors (Lipinski definition) is 0. The van der Waals surface area contributed by atoms with Gasteiger partial charge in [0.05, 0.1) is 12.7 Å². The van der Waals surface area contributed by atoms with Crippen molar-refractivity contribution in [1.29, 1.82) is 0 Å². The first kappa shape index (κ1) is 28.9. The minimum Gasteiger partial charge on any atom is -0.378 e. The molecule has 0 aromatic rings. The van der Waals surface area contributed by atoms with Crippen LogP contribution in [0.15, 0.2) is 0 Å². The second-order valence-corrected chi connectivity index (χ2v) is 14.5. The Labute approximate surface area is 183 Å². The van der Waals surface area contributed by atoms with E-state index in [1.807, 2.05) is 24.9 Å². The molecule has 0 aromatic heterocycles. The van der Waals surface area contributed by atoms with Crippen molar-refractivity contribution in [3.05, 3.63) is 0 Å². The Morgan fingerprint density at radius 3 is 1.97 bits per heavy atom. The number of ether oxygens (including phenoxy) is 1. The van der Waals surface area contributed by atoms with Gasteiger partial charge < -0.3 is 4.74 Å². The summed E-state index contributed by atoms with van der Waals surface area (Å²) in [7, 11) is -2.01. The van der Waals surface area contributed by atoms with Gasteiger partial charge in [-0.2, -0.15) is 24.9 Å². The molecule has 0 aliphatic carbocycles. The maximum Gasteiger partial charge on any atom is 0.388 e. The van der Waals surface area contributed by atoms with Crippen LogP contribution in [-0.2, 0) is 4.74 Å². The lowest BCUT2D eigenvalue weighted by Crippen LogP contribution is -2.26. The summed E-state index contributed by atoms with van der Waals surface area (Å²) < 4.78 is 42.5. The monoisotopic (exact) mass is 452 g/mol. The minimum absolute atomic E-state index is 0.217. The number of halogens is 3. The molecular weight excluding hydrogens is 409 g/mol. The molecule has 0 saturated carbocycles. The molecule has 29 heavy (non-hydrogen) atoms. The third-order valence-corrected chi connectivity index (χ3v) is 8.12. The molecule has 172 valence electrons. The molecule has 0 saturated heterocycles. The van der Waals surface area contributed by atoms with Gasteiger partial charge in [0.2, 0.25) is 0 Å². The molecule has 0 radical (unpaired) electrons. The summed E-state index contributed by atoms with van der Waals surface area (Å²) in [6.07, 6.45) is 7.89. The highest BCUT2D eigenvalue weighted by atomic mass is 32.2. The number of hydrogen-bond acceptors (Lipinski definition) is 2. The lowest BCUT2D eigenvalue weighted by atomic mass is 10.1. The van der Waals surface area contributed by atoms with Crippen LogP contribution in [0.4, 0.5) is 13.2 Å². The Bertz CT molecular complexity index is 442. The second kappa shape index (κ2) is 17.5. The Morgan fingerprint density at radius 2 is 1.41 bits per heavy atom. The first-order valence-corrected chi connectivity index (χ1v) is 15.7. The second-order valence-electron chi connectivity index (χ2n) is 8.76. The maximum absolute atomic E-state index is 12.3. The molecule has 0 heterocycles. The fourth-order valence-corrected chi connectivity index (χ4v) is 5.38. The number of alkyl halides is 3. The highest BCUT2D eigenvalue weighted by Gasteiger charge is 2.31. The van der Waals surface area contributed by atoms with Crippen LogP contribution in [0.25, 0.3) is 0 Å². The van der Waals surface area contributed by atoms with Crippen molar-refractivity contribution in [2.45, 2.75) is 116 Å². The Hall–Kier alpha value is -0.123. The first-order valence-electron chi connectivity index (χ1n) is 11.4. The fourth-order valence-electron chi connectivity index (χ4n) is 2.92. The van der Waals surface area contributed by atoms with Crippen molar-refractivity contribution in [2.75, 3.05) is 18.1 Å². The highest BCUT2D eigenvalue weighted by molar-refractivity contribution is 7.99. The fraction of sp³-hybridized carbons (Fsp3) is 0.913. The molecular formula is C23H43F3OSSi. The van der Waals surface area contributed by atoms with Crippen LogP contribution in [0.3, 0.4) is 0 Å². The van der Waals surface area contributed by atoms with Crippen molar-refractivity contribution in [2.24, 2.45) is 0 Å². The Balaban J connectivity index is 3.38. The largest absolute Gasteiger partial charge is 0.388 e. The average Bonchev–Trinajstić information content (AvgIpc) is 2.62. The van der Waals surface area contributed by atoms with Crippen LogP contribution in [0.2, 0.25) is 19.1 Å². The first-order chi connectivity index (χ1) is 13.6. The van der Waals surface area contributed by atoms with Crippen LogP contribution in [0, 0.1) is 11.5 Å². The summed E-state index contributed by atoms with van der Waals surface area (Å²) in [5.41, 5.74) is 3.16. The predicted octanol–water partition coefficient (Wildman–Crippen LogP) is 8.25. The third-order valence-electron chi connectivity index (χ3n) is 4.73. The molecule has 0 unspecified atom stereocenters. The van der Waals surface area contributed by atoms with Gasteiger partial charge in [-0.25, -0.2) is 0 Å². The van der Waals surface area contributed by atoms with Gasteiger partial charge in [-0.05, 0) is 38.5 Å². The van der Waals surface area contributed by atoms with Gasteiger partial charge in [0.25, 0.3) is 0 Å². The lowest BCUT2D eigenvalue weighted by Gasteiger charge is -2.15. The summed E-state index contributed by atoms with van der Waals surface area (Å²) in [6.45, 7) is 8.89. The molecule has 0 atom stereocenters. The number of thioether (sulfide) groups is 1. The van der Waals surface area contributed by atoms with Crippen LogP contribution >= 0.6 is 11.8 Å². The minimum atomic E-state index is -4.05. The molecule has 0 amide bonds. The number of rotatable bonds is 17. The van der Waals surface area contributed by atoms with Gasteiger partial charge in [0, 0.05) is 18.6 Å². The average molecular weight is 453 g/mol. The number of unbranched alkanes of at least 4 members (excludes halogenated alkanes) is 9. The standard InChI is InChI=1S/C23H43F3OSSi/c1-22(2)27-17-19-28-18-14-12-10-8-6-5-7-9-11-13-15-20-29(3,4)21-16-23(24,25)26/h22H,5-14,16-19,21H2,1-4H3. The van der Waals surface area contributed by atoms with Crippen molar-refractivity contribution in [3.63, 3.8) is 0 Å². The van der Waals surface area contributed by atoms with Gasteiger partial charge in [-0.15, -0.1) is 11.5 Å². The predicted molar refractivity (Wildman–Crippen MR) is 125 cm³/mol. The zero-order valence-corrected chi connectivity index (χ0v) is 21.0. The molecule has 0 N–H and O–H groups in total. The third kappa shape index (κ3) is 24.0. The summed E-state index contributed by atoms with van der Waals surface area (Å²) in [5.74, 6) is 5.50. The molecule has 0 aliphatic heterocycles. The van der Waals surface area contributed by atoms with E-state index in [9.17, 15) is 13.2 Å². The van der Waals surface area contributed by atoms with Crippen LogP contribution in [-0.4, -0.2) is 38.5 Å². The normalized spacial score (nSPS) is 12.3. The SMILES string of the molecule is CC(C)OCCSCCCCCCCCCCCC#C[Si](C)(C)CCC(F)(F)F. The van der Waals surface area contributed by atoms with Gasteiger partial charge in [0.1, 0.15) is 8.07 Å². The summed E-state index contributed by atoms with van der Waals surface area (Å²) in [4.78, 5) is 0. The summed E-state index contributed by atoms with van der Waals surface area (Å²) in [5, 5.41) is 0. The molecule has 6 heteroatoms. The van der Waals surface area contributed by atoms with E-state index in [4.69, 9.17) is 4.74 Å². The van der Waals surface area contributed by atoms with Crippen molar-refractivity contribution in [3.8, 4) is 11.5 Å². The van der Waals surface area contributed by atoms with E-state index >= 15 is 0 Å². The molecule has 0 aliphatic rings. The van der Waals surface area contributed by atoms with E-state index in [0.717, 1.165) is 25.2 Å². The molecule has 1 nitrogen and oxygen atoms in total. The Kier molecular flexibility index (Phi) is 17.5. The molecule has 0 rings (SSSR count). The van der Waals surface area contributed by atoms with Gasteiger partial charge >= 0.3 is 6.18 Å². The van der Waals surface area contributed by atoms with Crippen molar-refractivity contribution in [1.82, 2.24) is 0 Å². The molecule has 0 fully saturated rings. The van der Waals surface area contributed by atoms with Gasteiger partial charge in [-0.3, -0.25) is 0 Å². The van der Waals surface area contributed by atoms with E-state index in [-0.39, 0.29) is 6.04 Å². The van der Waals surface area contributed by atoms with Gasteiger partial charge in [-0.1, -0.05) is 58.0 Å². The molecule has 0 bridgehead atoms. The lowest BCUT2D eigenvalue weighted by molar-refractivity contribution is -0.130. The van der Waals surface area contributed by atoms with Crippen LogP contribution in [0.5, 0.6) is 0 Å². The van der Waals surface area contributed by atoms with E-state index in [1.54, 1.807) is 0 Å². The van der Waals surface area contributed by atoms with Crippen molar-refractivity contribution < 1.29 is 17.9 Å². The Morgan fingerprint density at radius 1 is 0.862 bits per heavy atom. The van der Waals surface area contributed by atoms with E-state index in [1.165, 1.54) is 57.1 Å². The highest BCUT2D eigenvalue weighted by Crippen LogP contribution is 2.25. The van der Waals surface area contributed by atoms with E-state index < -0.39 is 20.7 Å².